The molecule has 0 saturated carbocycles. The number of hydrogen-bond acceptors (Lipinski definition) is 4. The number of alkyl halides is 17. The molecule has 0 rings (SSSR count). The molecule has 0 amide bonds. The van der Waals surface area contributed by atoms with Gasteiger partial charge in [-0.05, 0) is 0 Å². The molecule has 0 aliphatic heterocycles. The molecule has 0 aromatic carbocycles. The third-order valence-corrected chi connectivity index (χ3v) is 3.58. The Morgan fingerprint density at radius 2 is 0.781 bits per heavy atom. The monoisotopic (exact) mass is 552 g/mol. The second kappa shape index (κ2) is 8.72. The Bertz CT molecular complexity index is 773. The normalized spacial score (nSPS) is 16.1. The summed E-state index contributed by atoms with van der Waals surface area (Å²) in [5.74, 6) is -58.3. The molecule has 0 heterocycles. The molecule has 0 unspecified atom stereocenters. The topological polar surface area (TPSA) is 66.4 Å². The first-order valence-corrected chi connectivity index (χ1v) is 7.60. The summed E-state index contributed by atoms with van der Waals surface area (Å²) in [5, 5.41) is 0. The molecule has 0 radical (unpaired) electrons. The second-order valence-corrected chi connectivity index (χ2v) is 6.37. The van der Waals surface area contributed by atoms with Crippen LogP contribution < -0.4 is 29.6 Å². The Kier molecular flexibility index (Phi) is 9.22. The molecule has 0 N–H and O–H groups in total. The minimum absolute atomic E-state index is 0. The van der Waals surface area contributed by atoms with Gasteiger partial charge >= 0.3 is 77.2 Å². The summed E-state index contributed by atoms with van der Waals surface area (Å²) in [6.07, 6.45) is -7.87. The molecular weight excluding hydrogens is 550 g/mol. The molecule has 0 aromatic rings. The number of hydrogen-bond donors (Lipinski definition) is 0. The molecule has 4 nitrogen and oxygen atoms in total. The van der Waals surface area contributed by atoms with E-state index in [0.29, 0.717) is 0 Å². The van der Waals surface area contributed by atoms with Crippen molar-refractivity contribution in [2.24, 2.45) is 0 Å². The zero-order valence-corrected chi connectivity index (χ0v) is 17.0. The van der Waals surface area contributed by atoms with Crippen LogP contribution in [0.2, 0.25) is 0 Å². The van der Waals surface area contributed by atoms with Crippen LogP contribution in [0.25, 0.3) is 0 Å². The van der Waals surface area contributed by atoms with Crippen molar-refractivity contribution in [2.45, 2.75) is 47.6 Å². The van der Waals surface area contributed by atoms with Gasteiger partial charge in [0.1, 0.15) is 6.61 Å². The van der Waals surface area contributed by atoms with Gasteiger partial charge in [-0.3, -0.25) is 4.18 Å². The largest absolute Gasteiger partial charge is 1.00 e. The Balaban J connectivity index is 0. The molecule has 32 heavy (non-hydrogen) atoms. The van der Waals surface area contributed by atoms with Crippen molar-refractivity contribution in [1.29, 1.82) is 0 Å². The molecule has 188 valence electrons. The first-order valence-electron chi connectivity index (χ1n) is 6.27. The predicted octanol–water partition coefficient (Wildman–Crippen LogP) is 1.48. The molecule has 0 atom stereocenters. The summed E-state index contributed by atoms with van der Waals surface area (Å²) in [7, 11) is -6.47. The van der Waals surface area contributed by atoms with Gasteiger partial charge in [0.15, 0.2) is 0 Å². The van der Waals surface area contributed by atoms with Crippen molar-refractivity contribution in [3.8, 4) is 0 Å². The van der Waals surface area contributed by atoms with E-state index < -0.39 is 64.6 Å². The van der Waals surface area contributed by atoms with E-state index in [1.165, 1.54) is 0 Å². The van der Waals surface area contributed by atoms with Crippen LogP contribution in [-0.2, 0) is 14.6 Å². The van der Waals surface area contributed by atoms with E-state index in [9.17, 15) is 87.6 Å². The fourth-order valence-corrected chi connectivity index (χ4v) is 1.73. The van der Waals surface area contributed by atoms with Crippen LogP contribution in [0.5, 0.6) is 0 Å². The van der Waals surface area contributed by atoms with Crippen LogP contribution in [0.4, 0.5) is 74.6 Å². The maximum absolute atomic E-state index is 13.2. The quantitative estimate of drug-likeness (QED) is 0.188. The molecule has 0 aliphatic carbocycles. The van der Waals surface area contributed by atoms with Crippen LogP contribution in [0.1, 0.15) is 0 Å². The van der Waals surface area contributed by atoms with Crippen LogP contribution in [-0.4, -0.2) is 67.2 Å². The first kappa shape index (κ1) is 33.9. The number of rotatable bonds is 9. The summed E-state index contributed by atoms with van der Waals surface area (Å²) >= 11 is 0. The van der Waals surface area contributed by atoms with E-state index in [4.69, 9.17) is 0 Å². The van der Waals surface area contributed by atoms with Crippen LogP contribution in [0.15, 0.2) is 0 Å². The zero-order chi connectivity index (χ0) is 25.9. The fraction of sp³-hybridized carbons (Fsp3) is 1.00. The van der Waals surface area contributed by atoms with E-state index in [1.54, 1.807) is 0 Å². The molecule has 0 bridgehead atoms. The van der Waals surface area contributed by atoms with Gasteiger partial charge in [-0.2, -0.15) is 74.6 Å². The molecule has 0 fully saturated rings. The van der Waals surface area contributed by atoms with E-state index in [0.717, 1.165) is 0 Å². The molecule has 0 saturated heterocycles. The van der Waals surface area contributed by atoms with Gasteiger partial charge in [0.05, 0.1) is 0 Å². The maximum Gasteiger partial charge on any atom is 1.00 e. The minimum Gasteiger partial charge on any atom is -0.726 e. The van der Waals surface area contributed by atoms with Crippen molar-refractivity contribution in [3.05, 3.63) is 0 Å². The second-order valence-electron chi connectivity index (χ2n) is 5.32. The molecule has 0 aliphatic rings. The van der Waals surface area contributed by atoms with Crippen LogP contribution in [0, 0.1) is 0 Å². The van der Waals surface area contributed by atoms with Gasteiger partial charge in [0, 0.05) is 0 Å². The van der Waals surface area contributed by atoms with Crippen LogP contribution in [0.3, 0.4) is 0 Å². The van der Waals surface area contributed by atoms with Crippen molar-refractivity contribution in [2.75, 3.05) is 6.61 Å². The summed E-state index contributed by atoms with van der Waals surface area (Å²) in [6, 6.07) is 0. The average Bonchev–Trinajstić information content (AvgIpc) is 2.50. The van der Waals surface area contributed by atoms with Gasteiger partial charge in [0.25, 0.3) is 0 Å². The molecular formula is C9H2F17NaO4S. The summed E-state index contributed by atoms with van der Waals surface area (Å²) in [6.45, 7) is -3.79. The summed E-state index contributed by atoms with van der Waals surface area (Å²) in [4.78, 5) is 0. The van der Waals surface area contributed by atoms with E-state index in [-0.39, 0.29) is 29.6 Å². The fourth-order valence-electron chi connectivity index (χ4n) is 1.43. The standard InChI is InChI=1S/C9H3F17O4S.Na/c10-2(11,1-30-31(27,28)29)3(12,13)4(14,15)5(16,17)6(18,19)7(20,21)8(22,23)9(24,25)26;/h1H2,(H,27,28,29);/q;+1/p-1. The average molecular weight is 552 g/mol. The van der Waals surface area contributed by atoms with Gasteiger partial charge in [-0.15, -0.1) is 0 Å². The van der Waals surface area contributed by atoms with E-state index in [2.05, 4.69) is 4.18 Å². The SMILES string of the molecule is O=S(=O)([O-])OCC(F)(F)C(F)(F)C(F)(F)C(F)(F)C(F)(F)C(F)(F)C(F)(F)C(F)(F)F.[Na+]. The minimum atomic E-state index is -8.80. The van der Waals surface area contributed by atoms with Crippen molar-refractivity contribution in [1.82, 2.24) is 0 Å². The van der Waals surface area contributed by atoms with Gasteiger partial charge in [-0.1, -0.05) is 0 Å². The van der Waals surface area contributed by atoms with E-state index in [1.807, 2.05) is 0 Å². The molecule has 23 heteroatoms. The van der Waals surface area contributed by atoms with E-state index >= 15 is 0 Å². The first-order chi connectivity index (χ1) is 13.0. The number of halogens is 17. The third kappa shape index (κ3) is 5.03. The Morgan fingerprint density at radius 1 is 0.531 bits per heavy atom. The smallest absolute Gasteiger partial charge is 0.726 e. The van der Waals surface area contributed by atoms with Gasteiger partial charge < -0.3 is 4.55 Å². The van der Waals surface area contributed by atoms with Crippen molar-refractivity contribution < 1.29 is 121 Å². The summed E-state index contributed by atoms with van der Waals surface area (Å²) in [5.41, 5.74) is 0. The van der Waals surface area contributed by atoms with Crippen molar-refractivity contribution >= 4 is 10.4 Å². The zero-order valence-electron chi connectivity index (χ0n) is 14.2. The Morgan fingerprint density at radius 3 is 1.03 bits per heavy atom. The van der Waals surface area contributed by atoms with Gasteiger partial charge in [0.2, 0.25) is 10.4 Å². The maximum atomic E-state index is 13.2. The van der Waals surface area contributed by atoms with Crippen LogP contribution >= 0.6 is 0 Å². The predicted molar refractivity (Wildman–Crippen MR) is 56.3 cm³/mol. The molecule has 0 aromatic heterocycles. The summed E-state index contributed by atoms with van der Waals surface area (Å²) < 4.78 is 249. The third-order valence-electron chi connectivity index (χ3n) is 3.17. The Labute approximate surface area is 186 Å². The van der Waals surface area contributed by atoms with Gasteiger partial charge in [-0.25, -0.2) is 8.42 Å². The van der Waals surface area contributed by atoms with Crippen molar-refractivity contribution in [3.63, 3.8) is 0 Å². The Hall–Kier alpha value is -0.320. The molecule has 0 spiro atoms.